The van der Waals surface area contributed by atoms with Crippen molar-refractivity contribution >= 4 is 5.91 Å². The first-order valence-electron chi connectivity index (χ1n) is 5.74. The quantitative estimate of drug-likeness (QED) is 0.714. The lowest BCUT2D eigenvalue weighted by Crippen LogP contribution is -2.47. The third-order valence-corrected chi connectivity index (χ3v) is 3.25. The number of piperidine rings is 1. The maximum Gasteiger partial charge on any atom is 0.226 e. The number of carbonyl (C=O) groups excluding carboxylic acids is 1. The van der Waals surface area contributed by atoms with Crippen LogP contribution in [0.3, 0.4) is 0 Å². The van der Waals surface area contributed by atoms with Crippen LogP contribution < -0.4 is 10.6 Å². The zero-order chi connectivity index (χ0) is 10.4. The molecule has 0 aromatic heterocycles. The van der Waals surface area contributed by atoms with Crippen LogP contribution in [-0.2, 0) is 4.79 Å². The maximum absolute atomic E-state index is 12.0. The molecule has 82 valence electrons. The molecule has 0 spiro atoms. The van der Waals surface area contributed by atoms with Gasteiger partial charge in [0.25, 0.3) is 0 Å². The predicted molar refractivity (Wildman–Crippen MR) is 58.1 cm³/mol. The highest BCUT2D eigenvalue weighted by atomic mass is 16.2. The molecular formula is C11H22N2O. The van der Waals surface area contributed by atoms with E-state index in [1.807, 2.05) is 0 Å². The van der Waals surface area contributed by atoms with Crippen LogP contribution in [0.2, 0.25) is 0 Å². The summed E-state index contributed by atoms with van der Waals surface area (Å²) in [6.07, 6.45) is 3.95. The van der Waals surface area contributed by atoms with Crippen LogP contribution in [0.25, 0.3) is 0 Å². The van der Waals surface area contributed by atoms with Gasteiger partial charge in [-0.15, -0.1) is 0 Å². The molecule has 14 heavy (non-hydrogen) atoms. The van der Waals surface area contributed by atoms with Gasteiger partial charge in [0, 0.05) is 6.54 Å². The summed E-state index contributed by atoms with van der Waals surface area (Å²) >= 11 is 0. The average molecular weight is 198 g/mol. The van der Waals surface area contributed by atoms with Gasteiger partial charge in [0.1, 0.15) is 0 Å². The Bertz CT molecular complexity index is 186. The van der Waals surface area contributed by atoms with Crippen molar-refractivity contribution < 1.29 is 4.79 Å². The molecule has 0 aliphatic carbocycles. The first-order chi connectivity index (χ1) is 6.75. The Kier molecular flexibility index (Phi) is 4.39. The van der Waals surface area contributed by atoms with Crippen molar-refractivity contribution in [2.75, 3.05) is 19.6 Å². The monoisotopic (exact) mass is 198 g/mol. The summed E-state index contributed by atoms with van der Waals surface area (Å²) in [5.74, 6) is 0.267. The van der Waals surface area contributed by atoms with E-state index in [0.717, 1.165) is 45.3 Å². The van der Waals surface area contributed by atoms with Crippen molar-refractivity contribution in [3.05, 3.63) is 0 Å². The molecule has 1 saturated heterocycles. The van der Waals surface area contributed by atoms with Crippen LogP contribution in [0.1, 0.15) is 39.5 Å². The summed E-state index contributed by atoms with van der Waals surface area (Å²) in [5.41, 5.74) is -0.0829. The van der Waals surface area contributed by atoms with Crippen molar-refractivity contribution in [2.45, 2.75) is 39.5 Å². The van der Waals surface area contributed by atoms with Crippen molar-refractivity contribution in [2.24, 2.45) is 5.41 Å². The molecule has 0 aromatic rings. The fourth-order valence-corrected chi connectivity index (χ4v) is 2.07. The van der Waals surface area contributed by atoms with Crippen LogP contribution in [0.5, 0.6) is 0 Å². The molecule has 0 atom stereocenters. The van der Waals surface area contributed by atoms with Crippen molar-refractivity contribution in [1.29, 1.82) is 0 Å². The van der Waals surface area contributed by atoms with Gasteiger partial charge in [0.2, 0.25) is 5.91 Å². The van der Waals surface area contributed by atoms with Gasteiger partial charge in [-0.05, 0) is 38.8 Å². The van der Waals surface area contributed by atoms with E-state index in [-0.39, 0.29) is 11.3 Å². The molecule has 1 heterocycles. The van der Waals surface area contributed by atoms with E-state index in [0.29, 0.717) is 0 Å². The molecular weight excluding hydrogens is 176 g/mol. The molecule has 2 N–H and O–H groups in total. The molecule has 0 radical (unpaired) electrons. The summed E-state index contributed by atoms with van der Waals surface area (Å²) in [6.45, 7) is 6.98. The molecule has 1 aliphatic heterocycles. The summed E-state index contributed by atoms with van der Waals surface area (Å²) < 4.78 is 0. The van der Waals surface area contributed by atoms with Gasteiger partial charge in [-0.1, -0.05) is 13.8 Å². The lowest BCUT2D eigenvalue weighted by atomic mass is 9.76. The topological polar surface area (TPSA) is 41.1 Å². The van der Waals surface area contributed by atoms with Crippen molar-refractivity contribution in [3.8, 4) is 0 Å². The Morgan fingerprint density at radius 3 is 2.50 bits per heavy atom. The van der Waals surface area contributed by atoms with Gasteiger partial charge in [0.05, 0.1) is 5.41 Å². The number of nitrogens with one attached hydrogen (secondary N) is 2. The van der Waals surface area contributed by atoms with E-state index in [2.05, 4.69) is 24.5 Å². The van der Waals surface area contributed by atoms with E-state index in [9.17, 15) is 4.79 Å². The molecule has 0 bridgehead atoms. The Balaban J connectivity index is 2.53. The largest absolute Gasteiger partial charge is 0.356 e. The van der Waals surface area contributed by atoms with E-state index >= 15 is 0 Å². The van der Waals surface area contributed by atoms with Gasteiger partial charge in [-0.2, -0.15) is 0 Å². The molecule has 3 nitrogen and oxygen atoms in total. The van der Waals surface area contributed by atoms with E-state index < -0.39 is 0 Å². The molecule has 1 fully saturated rings. The second kappa shape index (κ2) is 5.35. The van der Waals surface area contributed by atoms with Crippen LogP contribution >= 0.6 is 0 Å². The first kappa shape index (κ1) is 11.5. The molecule has 0 saturated carbocycles. The fourth-order valence-electron chi connectivity index (χ4n) is 2.07. The summed E-state index contributed by atoms with van der Waals surface area (Å²) in [4.78, 5) is 12.0. The standard InChI is InChI=1S/C11H22N2O/c1-3-7-13-10(14)11(4-2)5-8-12-9-6-11/h12H,3-9H2,1-2H3,(H,13,14). The van der Waals surface area contributed by atoms with E-state index in [1.165, 1.54) is 0 Å². The summed E-state index contributed by atoms with van der Waals surface area (Å²) in [6, 6.07) is 0. The first-order valence-corrected chi connectivity index (χ1v) is 5.74. The Morgan fingerprint density at radius 1 is 1.36 bits per heavy atom. The van der Waals surface area contributed by atoms with Gasteiger partial charge in [-0.3, -0.25) is 4.79 Å². The zero-order valence-electron chi connectivity index (χ0n) is 9.36. The third-order valence-electron chi connectivity index (χ3n) is 3.25. The number of hydrogen-bond acceptors (Lipinski definition) is 2. The fraction of sp³-hybridized carbons (Fsp3) is 0.909. The zero-order valence-corrected chi connectivity index (χ0v) is 9.36. The minimum absolute atomic E-state index is 0.0829. The summed E-state index contributed by atoms with van der Waals surface area (Å²) in [5, 5.41) is 6.33. The molecule has 1 rings (SSSR count). The van der Waals surface area contributed by atoms with Crippen LogP contribution in [0, 0.1) is 5.41 Å². The highest BCUT2D eigenvalue weighted by Gasteiger charge is 2.37. The summed E-state index contributed by atoms with van der Waals surface area (Å²) in [7, 11) is 0. The Labute approximate surface area is 86.6 Å². The van der Waals surface area contributed by atoms with Crippen molar-refractivity contribution in [3.63, 3.8) is 0 Å². The lowest BCUT2D eigenvalue weighted by Gasteiger charge is -2.35. The van der Waals surface area contributed by atoms with Gasteiger partial charge < -0.3 is 10.6 Å². The number of hydrogen-bond donors (Lipinski definition) is 2. The number of carbonyl (C=O) groups is 1. The van der Waals surface area contributed by atoms with Crippen molar-refractivity contribution in [1.82, 2.24) is 10.6 Å². The molecule has 0 unspecified atom stereocenters. The SMILES string of the molecule is CCCNC(=O)C1(CC)CCNCC1. The average Bonchev–Trinajstić information content (AvgIpc) is 2.26. The molecule has 0 aromatic carbocycles. The second-order valence-corrected chi connectivity index (χ2v) is 4.14. The molecule has 1 aliphatic rings. The minimum Gasteiger partial charge on any atom is -0.356 e. The maximum atomic E-state index is 12.0. The Hall–Kier alpha value is -0.570. The second-order valence-electron chi connectivity index (χ2n) is 4.14. The van der Waals surface area contributed by atoms with Gasteiger partial charge in [0.15, 0.2) is 0 Å². The minimum atomic E-state index is -0.0829. The number of amides is 1. The highest BCUT2D eigenvalue weighted by molar-refractivity contribution is 5.82. The van der Waals surface area contributed by atoms with Gasteiger partial charge in [-0.25, -0.2) is 0 Å². The van der Waals surface area contributed by atoms with Crippen LogP contribution in [0.4, 0.5) is 0 Å². The van der Waals surface area contributed by atoms with Crippen LogP contribution in [0.15, 0.2) is 0 Å². The highest BCUT2D eigenvalue weighted by Crippen LogP contribution is 2.32. The number of rotatable bonds is 4. The Morgan fingerprint density at radius 2 is 2.00 bits per heavy atom. The normalized spacial score (nSPS) is 20.4. The predicted octanol–water partition coefficient (Wildman–Crippen LogP) is 1.29. The third kappa shape index (κ3) is 2.47. The molecule has 1 amide bonds. The van der Waals surface area contributed by atoms with E-state index in [4.69, 9.17) is 0 Å². The smallest absolute Gasteiger partial charge is 0.226 e. The van der Waals surface area contributed by atoms with E-state index in [1.54, 1.807) is 0 Å². The van der Waals surface area contributed by atoms with Crippen LogP contribution in [-0.4, -0.2) is 25.5 Å². The molecule has 3 heteroatoms. The lowest BCUT2D eigenvalue weighted by molar-refractivity contribution is -0.132. The van der Waals surface area contributed by atoms with Gasteiger partial charge >= 0.3 is 0 Å².